The van der Waals surface area contributed by atoms with Gasteiger partial charge in [-0.05, 0) is 53.2 Å². The predicted octanol–water partition coefficient (Wildman–Crippen LogP) is 4.02. The van der Waals surface area contributed by atoms with Crippen molar-refractivity contribution in [1.82, 2.24) is 5.16 Å². The van der Waals surface area contributed by atoms with Gasteiger partial charge in [0, 0.05) is 4.88 Å². The Morgan fingerprint density at radius 1 is 1.29 bits per heavy atom. The normalized spacial score (nSPS) is 15.6. The van der Waals surface area contributed by atoms with Crippen molar-refractivity contribution >= 4 is 33.1 Å². The second-order valence-corrected chi connectivity index (χ2v) is 6.26. The summed E-state index contributed by atoms with van der Waals surface area (Å²) in [4.78, 5) is 2.63. The lowest BCUT2D eigenvalue weighted by Gasteiger charge is -1.92. The molecule has 0 spiro atoms. The summed E-state index contributed by atoms with van der Waals surface area (Å²) in [6.07, 6.45) is 6.32. The standard InChI is InChI=1S/C12H13BrN2OS/c13-10-11(16-15-12(10)14)9-6-7-4-2-1-3-5-8(7)17-9/h6H,1-5H2,(H2,14,15). The van der Waals surface area contributed by atoms with E-state index in [-0.39, 0.29) is 0 Å². The van der Waals surface area contributed by atoms with Gasteiger partial charge in [-0.3, -0.25) is 0 Å². The zero-order valence-electron chi connectivity index (χ0n) is 9.33. The molecule has 1 aliphatic carbocycles. The summed E-state index contributed by atoms with van der Waals surface area (Å²) in [6.45, 7) is 0. The van der Waals surface area contributed by atoms with Crippen LogP contribution in [0.15, 0.2) is 15.1 Å². The number of aromatic nitrogens is 1. The minimum absolute atomic E-state index is 0.420. The van der Waals surface area contributed by atoms with Gasteiger partial charge in [-0.2, -0.15) is 0 Å². The largest absolute Gasteiger partial charge is 0.380 e. The minimum Gasteiger partial charge on any atom is -0.380 e. The van der Waals surface area contributed by atoms with E-state index in [4.69, 9.17) is 10.3 Å². The molecule has 3 nitrogen and oxygen atoms in total. The van der Waals surface area contributed by atoms with Gasteiger partial charge in [0.1, 0.15) is 4.47 Å². The van der Waals surface area contributed by atoms with E-state index >= 15 is 0 Å². The Labute approximate surface area is 112 Å². The first-order valence-electron chi connectivity index (χ1n) is 5.78. The summed E-state index contributed by atoms with van der Waals surface area (Å²) in [7, 11) is 0. The SMILES string of the molecule is Nc1noc(-c2cc3c(s2)CCCCC3)c1Br. The van der Waals surface area contributed by atoms with Crippen LogP contribution in [0, 0.1) is 0 Å². The van der Waals surface area contributed by atoms with E-state index in [9.17, 15) is 0 Å². The predicted molar refractivity (Wildman–Crippen MR) is 73.2 cm³/mol. The summed E-state index contributed by atoms with van der Waals surface area (Å²) in [5.41, 5.74) is 7.15. The molecule has 3 rings (SSSR count). The van der Waals surface area contributed by atoms with E-state index < -0.39 is 0 Å². The Morgan fingerprint density at radius 2 is 2.12 bits per heavy atom. The molecule has 0 aromatic carbocycles. The van der Waals surface area contributed by atoms with Crippen LogP contribution in [-0.4, -0.2) is 5.16 Å². The Hall–Kier alpha value is -0.810. The molecule has 2 N–H and O–H groups in total. The second kappa shape index (κ2) is 4.46. The molecule has 0 fully saturated rings. The maximum atomic E-state index is 5.68. The molecule has 90 valence electrons. The fraction of sp³-hybridized carbons (Fsp3) is 0.417. The molecule has 0 radical (unpaired) electrons. The molecule has 5 heteroatoms. The number of nitrogens with two attached hydrogens (primary N) is 1. The van der Waals surface area contributed by atoms with Gasteiger partial charge in [0.2, 0.25) is 0 Å². The van der Waals surface area contributed by atoms with Crippen LogP contribution in [0.3, 0.4) is 0 Å². The van der Waals surface area contributed by atoms with Crippen LogP contribution in [0.4, 0.5) is 5.82 Å². The number of rotatable bonds is 1. The molecule has 0 atom stereocenters. The fourth-order valence-corrected chi connectivity index (χ4v) is 3.95. The van der Waals surface area contributed by atoms with E-state index in [1.54, 1.807) is 0 Å². The first kappa shape index (κ1) is 11.3. The average Bonchev–Trinajstić information content (AvgIpc) is 2.78. The summed E-state index contributed by atoms with van der Waals surface area (Å²) in [6, 6.07) is 2.23. The van der Waals surface area contributed by atoms with Crippen molar-refractivity contribution in [3.63, 3.8) is 0 Å². The maximum Gasteiger partial charge on any atom is 0.193 e. The van der Waals surface area contributed by atoms with E-state index in [1.807, 2.05) is 11.3 Å². The molecule has 0 aliphatic heterocycles. The molecular weight excluding hydrogens is 300 g/mol. The van der Waals surface area contributed by atoms with Crippen LogP contribution in [0.2, 0.25) is 0 Å². The Kier molecular flexibility index (Phi) is 2.96. The lowest BCUT2D eigenvalue weighted by Crippen LogP contribution is -1.83. The molecule has 17 heavy (non-hydrogen) atoms. The molecule has 0 amide bonds. The Balaban J connectivity index is 2.02. The highest BCUT2D eigenvalue weighted by atomic mass is 79.9. The van der Waals surface area contributed by atoms with Crippen molar-refractivity contribution in [3.05, 3.63) is 21.0 Å². The number of hydrogen-bond acceptors (Lipinski definition) is 4. The maximum absolute atomic E-state index is 5.68. The molecular formula is C12H13BrN2OS. The van der Waals surface area contributed by atoms with Crippen molar-refractivity contribution in [1.29, 1.82) is 0 Å². The summed E-state index contributed by atoms with van der Waals surface area (Å²) in [5.74, 6) is 1.18. The van der Waals surface area contributed by atoms with Crippen LogP contribution in [-0.2, 0) is 12.8 Å². The molecule has 2 aromatic heterocycles. The third-order valence-electron chi connectivity index (χ3n) is 3.13. The fourth-order valence-electron chi connectivity index (χ4n) is 2.22. The second-order valence-electron chi connectivity index (χ2n) is 4.33. The highest BCUT2D eigenvalue weighted by Gasteiger charge is 2.19. The first-order chi connectivity index (χ1) is 8.25. The topological polar surface area (TPSA) is 52.0 Å². The van der Waals surface area contributed by atoms with E-state index in [0.29, 0.717) is 5.82 Å². The van der Waals surface area contributed by atoms with Crippen LogP contribution in [0.5, 0.6) is 0 Å². The lowest BCUT2D eigenvalue weighted by atomic mass is 10.1. The number of nitrogens with zero attached hydrogens (tertiary/aromatic N) is 1. The van der Waals surface area contributed by atoms with E-state index in [0.717, 1.165) is 15.1 Å². The molecule has 1 aliphatic rings. The quantitative estimate of drug-likeness (QED) is 0.809. The zero-order chi connectivity index (χ0) is 11.8. The van der Waals surface area contributed by atoms with Crippen LogP contribution in [0.25, 0.3) is 10.6 Å². The Morgan fingerprint density at radius 3 is 2.88 bits per heavy atom. The van der Waals surface area contributed by atoms with Gasteiger partial charge in [0.15, 0.2) is 11.6 Å². The van der Waals surface area contributed by atoms with Gasteiger partial charge < -0.3 is 10.3 Å². The minimum atomic E-state index is 0.420. The molecule has 0 saturated carbocycles. The van der Waals surface area contributed by atoms with Crippen LogP contribution >= 0.6 is 27.3 Å². The number of halogens is 1. The van der Waals surface area contributed by atoms with Gasteiger partial charge in [-0.25, -0.2) is 0 Å². The van der Waals surface area contributed by atoms with Crippen molar-refractivity contribution in [2.24, 2.45) is 0 Å². The van der Waals surface area contributed by atoms with Crippen LogP contribution < -0.4 is 5.73 Å². The highest BCUT2D eigenvalue weighted by Crippen LogP contribution is 2.39. The zero-order valence-corrected chi connectivity index (χ0v) is 11.7. The molecule has 0 saturated heterocycles. The smallest absolute Gasteiger partial charge is 0.193 e. The van der Waals surface area contributed by atoms with E-state index in [2.05, 4.69) is 27.2 Å². The number of hydrogen-bond donors (Lipinski definition) is 1. The summed E-state index contributed by atoms with van der Waals surface area (Å²) in [5, 5.41) is 3.78. The summed E-state index contributed by atoms with van der Waals surface area (Å²) >= 11 is 5.23. The molecule has 0 bridgehead atoms. The third-order valence-corrected chi connectivity index (χ3v) is 5.13. The van der Waals surface area contributed by atoms with Crippen molar-refractivity contribution < 1.29 is 4.52 Å². The number of nitrogen functional groups attached to an aromatic ring is 1. The molecule has 0 unspecified atom stereocenters. The first-order valence-corrected chi connectivity index (χ1v) is 7.39. The van der Waals surface area contributed by atoms with Crippen molar-refractivity contribution in [2.45, 2.75) is 32.1 Å². The van der Waals surface area contributed by atoms with Gasteiger partial charge >= 0.3 is 0 Å². The van der Waals surface area contributed by atoms with Gasteiger partial charge in [0.25, 0.3) is 0 Å². The average molecular weight is 313 g/mol. The van der Waals surface area contributed by atoms with Crippen molar-refractivity contribution in [2.75, 3.05) is 5.73 Å². The summed E-state index contributed by atoms with van der Waals surface area (Å²) < 4.78 is 6.05. The van der Waals surface area contributed by atoms with Gasteiger partial charge in [-0.1, -0.05) is 11.6 Å². The third kappa shape index (κ3) is 2.02. The van der Waals surface area contributed by atoms with Gasteiger partial charge in [-0.15, -0.1) is 11.3 Å². The van der Waals surface area contributed by atoms with Crippen molar-refractivity contribution in [3.8, 4) is 10.6 Å². The van der Waals surface area contributed by atoms with Gasteiger partial charge in [0.05, 0.1) is 4.88 Å². The molecule has 2 heterocycles. The number of fused-ring (bicyclic) bond motifs is 1. The number of thiophene rings is 1. The lowest BCUT2D eigenvalue weighted by molar-refractivity contribution is 0.436. The number of aryl methyl sites for hydroxylation is 2. The highest BCUT2D eigenvalue weighted by molar-refractivity contribution is 9.10. The Bertz CT molecular complexity index is 523. The van der Waals surface area contributed by atoms with E-state index in [1.165, 1.54) is 42.5 Å². The van der Waals surface area contributed by atoms with Crippen LogP contribution in [0.1, 0.15) is 29.7 Å². The number of anilines is 1. The monoisotopic (exact) mass is 312 g/mol. The molecule has 2 aromatic rings.